The first-order valence-corrected chi connectivity index (χ1v) is 11.8. The van der Waals surface area contributed by atoms with Gasteiger partial charge >= 0.3 is 6.61 Å². The maximum atomic E-state index is 12.9. The first kappa shape index (κ1) is 23.3. The smallest absolute Gasteiger partial charge is 0.387 e. The fraction of sp³-hybridized carbons (Fsp3) is 0.583. The number of nitrogens with one attached hydrogen (secondary N) is 1. The van der Waals surface area contributed by atoms with Crippen LogP contribution < -0.4 is 14.4 Å². The molecule has 7 nitrogen and oxygen atoms in total. The second-order valence-corrected chi connectivity index (χ2v) is 8.76. The number of aromatic amines is 1. The highest BCUT2D eigenvalue weighted by Gasteiger charge is 2.31. The Morgan fingerprint density at radius 1 is 1.24 bits per heavy atom. The van der Waals surface area contributed by atoms with E-state index < -0.39 is 6.61 Å². The molecule has 180 valence electrons. The van der Waals surface area contributed by atoms with Crippen molar-refractivity contribution in [3.8, 4) is 11.5 Å². The van der Waals surface area contributed by atoms with E-state index in [1.807, 2.05) is 4.90 Å². The molecule has 2 heterocycles. The van der Waals surface area contributed by atoms with Crippen molar-refractivity contribution in [3.63, 3.8) is 0 Å². The van der Waals surface area contributed by atoms with Gasteiger partial charge in [-0.05, 0) is 44.2 Å². The number of H-pyrrole nitrogens is 1. The number of nitrogens with zero attached hydrogens (tertiary/aromatic N) is 3. The summed E-state index contributed by atoms with van der Waals surface area (Å²) in [7, 11) is 0. The Bertz CT molecular complexity index is 903. The number of carbonyl (C=O) groups excluding carboxylic acids is 1. The van der Waals surface area contributed by atoms with Crippen molar-refractivity contribution in [2.45, 2.75) is 70.6 Å². The molecule has 0 radical (unpaired) electrons. The molecule has 0 unspecified atom stereocenters. The largest absolute Gasteiger partial charge is 0.486 e. The Labute approximate surface area is 193 Å². The molecule has 4 rings (SSSR count). The van der Waals surface area contributed by atoms with E-state index in [2.05, 4.69) is 21.8 Å². The Hall–Kier alpha value is -2.84. The van der Waals surface area contributed by atoms with Gasteiger partial charge in [0.05, 0.1) is 18.9 Å². The number of carbonyl (C=O) groups is 1. The van der Waals surface area contributed by atoms with Crippen LogP contribution in [0.15, 0.2) is 30.7 Å². The lowest BCUT2D eigenvalue weighted by Crippen LogP contribution is -2.55. The lowest BCUT2D eigenvalue weighted by molar-refractivity contribution is -0.133. The van der Waals surface area contributed by atoms with E-state index in [0.717, 1.165) is 49.9 Å². The van der Waals surface area contributed by atoms with Crippen molar-refractivity contribution in [1.82, 2.24) is 14.9 Å². The highest BCUT2D eigenvalue weighted by atomic mass is 19.3. The molecule has 2 aliphatic rings. The Kier molecular flexibility index (Phi) is 7.67. The lowest BCUT2D eigenvalue weighted by Gasteiger charge is -2.42. The van der Waals surface area contributed by atoms with Crippen LogP contribution in [-0.2, 0) is 11.2 Å². The summed E-state index contributed by atoms with van der Waals surface area (Å²) < 4.78 is 36.6. The molecular formula is C24H32F2N4O3. The SMILES string of the molecule is CCC[C@H]1CN(c2ccc(OC(F)F)c(OC3CCCC3)c2)CCN1C(=O)Cc1cnc[nH]1. The van der Waals surface area contributed by atoms with Gasteiger partial charge < -0.3 is 24.3 Å². The average Bonchev–Trinajstić information content (AvgIpc) is 3.49. The fourth-order valence-corrected chi connectivity index (χ4v) is 4.81. The Morgan fingerprint density at radius 2 is 2.06 bits per heavy atom. The topological polar surface area (TPSA) is 70.7 Å². The van der Waals surface area contributed by atoms with Crippen LogP contribution in [0.4, 0.5) is 14.5 Å². The van der Waals surface area contributed by atoms with Gasteiger partial charge in [0.2, 0.25) is 5.91 Å². The van der Waals surface area contributed by atoms with Crippen molar-refractivity contribution in [2.75, 3.05) is 24.5 Å². The van der Waals surface area contributed by atoms with E-state index in [9.17, 15) is 13.6 Å². The van der Waals surface area contributed by atoms with Gasteiger partial charge in [0, 0.05) is 49.3 Å². The summed E-state index contributed by atoms with van der Waals surface area (Å²) in [5, 5.41) is 0. The number of alkyl halides is 2. The van der Waals surface area contributed by atoms with Crippen molar-refractivity contribution < 1.29 is 23.0 Å². The Balaban J connectivity index is 1.49. The quantitative estimate of drug-likeness (QED) is 0.599. The number of benzene rings is 1. The van der Waals surface area contributed by atoms with E-state index in [1.165, 1.54) is 0 Å². The number of halogens is 2. The van der Waals surface area contributed by atoms with Gasteiger partial charge in [-0.25, -0.2) is 4.98 Å². The zero-order valence-corrected chi connectivity index (χ0v) is 19.0. The van der Waals surface area contributed by atoms with Crippen LogP contribution in [-0.4, -0.2) is 59.2 Å². The monoisotopic (exact) mass is 462 g/mol. The molecule has 1 aromatic heterocycles. The van der Waals surface area contributed by atoms with Crippen molar-refractivity contribution in [2.24, 2.45) is 0 Å². The van der Waals surface area contributed by atoms with Crippen molar-refractivity contribution >= 4 is 11.6 Å². The molecule has 9 heteroatoms. The summed E-state index contributed by atoms with van der Waals surface area (Å²) in [6.07, 6.45) is 9.47. The fourth-order valence-electron chi connectivity index (χ4n) is 4.81. The third-order valence-corrected chi connectivity index (χ3v) is 6.43. The van der Waals surface area contributed by atoms with Crippen LogP contribution >= 0.6 is 0 Å². The molecule has 0 bridgehead atoms. The summed E-state index contributed by atoms with van der Waals surface area (Å²) in [5.74, 6) is 0.520. The van der Waals surface area contributed by atoms with Crippen LogP contribution in [0, 0.1) is 0 Å². The zero-order chi connectivity index (χ0) is 23.2. The molecular weight excluding hydrogens is 430 g/mol. The number of imidazole rings is 1. The number of ether oxygens (including phenoxy) is 2. The standard InChI is InChI=1S/C24H32F2N4O3/c1-2-5-19-15-29(10-11-30(19)23(31)12-17-14-27-16-28-17)18-8-9-21(33-24(25)26)22(13-18)32-20-6-3-4-7-20/h8-9,13-14,16,19-20,24H,2-7,10-12,15H2,1H3,(H,27,28)/t19-/m0/s1. The van der Waals surface area contributed by atoms with E-state index >= 15 is 0 Å². The van der Waals surface area contributed by atoms with Gasteiger partial charge in [-0.1, -0.05) is 13.3 Å². The molecule has 1 aliphatic carbocycles. The average molecular weight is 463 g/mol. The van der Waals surface area contributed by atoms with E-state index in [4.69, 9.17) is 9.47 Å². The maximum Gasteiger partial charge on any atom is 0.387 e. The molecule has 1 N–H and O–H groups in total. The minimum absolute atomic E-state index is 0.0325. The first-order valence-electron chi connectivity index (χ1n) is 11.8. The maximum absolute atomic E-state index is 12.9. The number of hydrogen-bond acceptors (Lipinski definition) is 5. The summed E-state index contributed by atoms with van der Waals surface area (Å²) in [4.78, 5) is 24.1. The molecule has 33 heavy (non-hydrogen) atoms. The third-order valence-electron chi connectivity index (χ3n) is 6.43. The van der Waals surface area contributed by atoms with E-state index in [1.54, 1.807) is 30.7 Å². The normalized spacial score (nSPS) is 19.3. The molecule has 2 fully saturated rings. The number of amides is 1. The zero-order valence-electron chi connectivity index (χ0n) is 19.0. The summed E-state index contributed by atoms with van der Waals surface area (Å²) in [6, 6.07) is 5.25. The van der Waals surface area contributed by atoms with E-state index in [0.29, 0.717) is 31.8 Å². The van der Waals surface area contributed by atoms with Crippen molar-refractivity contribution in [3.05, 3.63) is 36.4 Å². The molecule has 1 aromatic carbocycles. The molecule has 0 spiro atoms. The molecule has 1 saturated heterocycles. The molecule has 1 amide bonds. The minimum atomic E-state index is -2.90. The van der Waals surface area contributed by atoms with Gasteiger partial charge in [0.1, 0.15) is 0 Å². The highest BCUT2D eigenvalue weighted by molar-refractivity contribution is 5.79. The van der Waals surface area contributed by atoms with Gasteiger partial charge in [0.25, 0.3) is 0 Å². The van der Waals surface area contributed by atoms with Crippen molar-refractivity contribution in [1.29, 1.82) is 0 Å². The highest BCUT2D eigenvalue weighted by Crippen LogP contribution is 2.36. The van der Waals surface area contributed by atoms with Gasteiger partial charge in [-0.3, -0.25) is 4.79 Å². The number of rotatable bonds is 9. The molecule has 1 aliphatic heterocycles. The minimum Gasteiger partial charge on any atom is -0.486 e. The van der Waals surface area contributed by atoms with Gasteiger partial charge in [-0.15, -0.1) is 0 Å². The lowest BCUT2D eigenvalue weighted by atomic mass is 10.0. The second kappa shape index (κ2) is 10.9. The molecule has 1 atom stereocenters. The third kappa shape index (κ3) is 5.94. The summed E-state index contributed by atoms with van der Waals surface area (Å²) in [5.41, 5.74) is 1.70. The van der Waals surface area contributed by atoms with Crippen LogP contribution in [0.3, 0.4) is 0 Å². The molecule has 2 aromatic rings. The molecule has 1 saturated carbocycles. The second-order valence-electron chi connectivity index (χ2n) is 8.76. The predicted molar refractivity (Wildman–Crippen MR) is 121 cm³/mol. The van der Waals surface area contributed by atoms with Crippen LogP contribution in [0.5, 0.6) is 11.5 Å². The van der Waals surface area contributed by atoms with Crippen LogP contribution in [0.1, 0.15) is 51.1 Å². The summed E-state index contributed by atoms with van der Waals surface area (Å²) >= 11 is 0. The van der Waals surface area contributed by atoms with Gasteiger partial charge in [0.15, 0.2) is 11.5 Å². The van der Waals surface area contributed by atoms with Gasteiger partial charge in [-0.2, -0.15) is 8.78 Å². The number of anilines is 1. The number of piperazine rings is 1. The summed E-state index contributed by atoms with van der Waals surface area (Å²) in [6.45, 7) is 1.15. The van der Waals surface area contributed by atoms with Crippen LogP contribution in [0.2, 0.25) is 0 Å². The first-order chi connectivity index (χ1) is 16.0. The van der Waals surface area contributed by atoms with Crippen LogP contribution in [0.25, 0.3) is 0 Å². The number of hydrogen-bond donors (Lipinski definition) is 1. The number of aromatic nitrogens is 2. The Morgan fingerprint density at radius 3 is 2.76 bits per heavy atom. The predicted octanol–water partition coefficient (Wildman–Crippen LogP) is 4.39. The van der Waals surface area contributed by atoms with E-state index in [-0.39, 0.29) is 23.8 Å².